The number of carboxylic acid groups (broad SMARTS) is 1. The van der Waals surface area contributed by atoms with Crippen molar-refractivity contribution in [3.8, 4) is 0 Å². The minimum absolute atomic E-state index is 0.0441. The SMILES string of the molecule is CCCCCC/C=C/CCCCCCCCCC(=O)OCC(COCCC(C(=O)[O-])[N+](C)(C)C)OC(=O)CCCCCCCCCCC. The Morgan fingerprint density at radius 3 is 1.52 bits per heavy atom. The molecule has 2 atom stereocenters. The van der Waals surface area contributed by atoms with E-state index in [1.807, 2.05) is 0 Å². The number of nitrogens with zero attached hydrogens (tertiary/aromatic N) is 1. The highest BCUT2D eigenvalue weighted by Gasteiger charge is 2.25. The Kier molecular flexibility index (Phi) is 31.0. The Hall–Kier alpha value is -1.93. The first-order chi connectivity index (χ1) is 23.1. The van der Waals surface area contributed by atoms with Crippen molar-refractivity contribution in [1.29, 1.82) is 0 Å². The van der Waals surface area contributed by atoms with Crippen LogP contribution in [-0.2, 0) is 28.6 Å². The molecule has 8 heteroatoms. The van der Waals surface area contributed by atoms with E-state index in [9.17, 15) is 19.5 Å². The van der Waals surface area contributed by atoms with Crippen LogP contribution in [0.1, 0.15) is 174 Å². The maximum Gasteiger partial charge on any atom is 0.306 e. The molecule has 0 aromatic heterocycles. The molecule has 282 valence electrons. The molecule has 0 aromatic carbocycles. The normalized spacial score (nSPS) is 13.1. The van der Waals surface area contributed by atoms with Gasteiger partial charge in [-0.3, -0.25) is 9.59 Å². The Labute approximate surface area is 295 Å². The number of unbranched alkanes of at least 4 members (excludes halogenated alkanes) is 19. The summed E-state index contributed by atoms with van der Waals surface area (Å²) in [6.45, 7) is 4.62. The summed E-state index contributed by atoms with van der Waals surface area (Å²) in [4.78, 5) is 36.6. The summed E-state index contributed by atoms with van der Waals surface area (Å²) in [6, 6.07) is -0.720. The fraction of sp³-hybridized carbons (Fsp3) is 0.875. The molecular formula is C40H75NO7. The van der Waals surface area contributed by atoms with Gasteiger partial charge in [0.15, 0.2) is 6.10 Å². The highest BCUT2D eigenvalue weighted by atomic mass is 16.6. The summed E-state index contributed by atoms with van der Waals surface area (Å²) >= 11 is 0. The van der Waals surface area contributed by atoms with Crippen molar-refractivity contribution in [2.24, 2.45) is 0 Å². The molecule has 0 amide bonds. The van der Waals surface area contributed by atoms with Gasteiger partial charge in [0.25, 0.3) is 0 Å². The van der Waals surface area contributed by atoms with Crippen LogP contribution in [0.2, 0.25) is 0 Å². The number of rotatable bonds is 35. The van der Waals surface area contributed by atoms with Crippen LogP contribution < -0.4 is 5.11 Å². The van der Waals surface area contributed by atoms with Crippen LogP contribution >= 0.6 is 0 Å². The Morgan fingerprint density at radius 2 is 1.04 bits per heavy atom. The van der Waals surface area contributed by atoms with Crippen LogP contribution in [0.3, 0.4) is 0 Å². The summed E-state index contributed by atoms with van der Waals surface area (Å²) < 4.78 is 17.1. The zero-order valence-electron chi connectivity index (χ0n) is 31.9. The minimum atomic E-state index is -1.12. The summed E-state index contributed by atoms with van der Waals surface area (Å²) in [7, 11) is 5.40. The number of carbonyl (C=O) groups excluding carboxylic acids is 3. The number of ether oxygens (including phenoxy) is 3. The quantitative estimate of drug-likeness (QED) is 0.0286. The Balaban J connectivity index is 4.35. The van der Waals surface area contributed by atoms with Crippen LogP contribution in [0.4, 0.5) is 0 Å². The summed E-state index contributed by atoms with van der Waals surface area (Å²) in [5, 5.41) is 11.6. The summed E-state index contributed by atoms with van der Waals surface area (Å²) in [6.07, 6.45) is 30.9. The molecule has 0 N–H and O–H groups in total. The van der Waals surface area contributed by atoms with Gasteiger partial charge in [-0.05, 0) is 38.5 Å². The minimum Gasteiger partial charge on any atom is -0.544 e. The van der Waals surface area contributed by atoms with E-state index in [0.717, 1.165) is 38.5 Å². The molecule has 2 unspecified atom stereocenters. The molecule has 0 saturated heterocycles. The number of quaternary nitrogens is 1. The second-order valence-corrected chi connectivity index (χ2v) is 14.5. The van der Waals surface area contributed by atoms with Crippen LogP contribution in [-0.4, -0.2) is 75.5 Å². The molecule has 8 nitrogen and oxygen atoms in total. The fourth-order valence-corrected chi connectivity index (χ4v) is 5.77. The van der Waals surface area contributed by atoms with Crippen LogP contribution in [0, 0.1) is 0 Å². The van der Waals surface area contributed by atoms with Crippen molar-refractivity contribution in [3.05, 3.63) is 12.2 Å². The molecule has 0 radical (unpaired) electrons. The zero-order chi connectivity index (χ0) is 35.7. The number of carbonyl (C=O) groups is 3. The van der Waals surface area contributed by atoms with E-state index in [1.165, 1.54) is 103 Å². The van der Waals surface area contributed by atoms with E-state index in [2.05, 4.69) is 26.0 Å². The van der Waals surface area contributed by atoms with Gasteiger partial charge < -0.3 is 28.6 Å². The third-order valence-corrected chi connectivity index (χ3v) is 8.90. The topological polar surface area (TPSA) is 102 Å². The predicted molar refractivity (Wildman–Crippen MR) is 194 cm³/mol. The first-order valence-electron chi connectivity index (χ1n) is 19.7. The number of allylic oxidation sites excluding steroid dienone is 2. The first-order valence-corrected chi connectivity index (χ1v) is 19.7. The van der Waals surface area contributed by atoms with Gasteiger partial charge in [0.05, 0.1) is 40.3 Å². The number of esters is 2. The van der Waals surface area contributed by atoms with Crippen molar-refractivity contribution >= 4 is 17.9 Å². The second kappa shape index (κ2) is 32.3. The zero-order valence-corrected chi connectivity index (χ0v) is 31.9. The van der Waals surface area contributed by atoms with Crippen molar-refractivity contribution in [2.45, 2.75) is 187 Å². The highest BCUT2D eigenvalue weighted by Crippen LogP contribution is 2.14. The van der Waals surface area contributed by atoms with Crippen LogP contribution in [0.5, 0.6) is 0 Å². The van der Waals surface area contributed by atoms with Gasteiger partial charge in [-0.2, -0.15) is 0 Å². The van der Waals surface area contributed by atoms with Crippen molar-refractivity contribution < 1.29 is 38.2 Å². The molecule has 0 bridgehead atoms. The first kappa shape index (κ1) is 46.1. The van der Waals surface area contributed by atoms with Gasteiger partial charge in [-0.25, -0.2) is 0 Å². The van der Waals surface area contributed by atoms with Crippen molar-refractivity contribution in [1.82, 2.24) is 0 Å². The lowest BCUT2D eigenvalue weighted by Gasteiger charge is -2.34. The monoisotopic (exact) mass is 682 g/mol. The molecular weight excluding hydrogens is 606 g/mol. The average Bonchev–Trinajstić information content (AvgIpc) is 3.03. The summed E-state index contributed by atoms with van der Waals surface area (Å²) in [5.74, 6) is -1.74. The van der Waals surface area contributed by atoms with Gasteiger partial charge in [-0.15, -0.1) is 0 Å². The molecule has 0 fully saturated rings. The van der Waals surface area contributed by atoms with Crippen LogP contribution in [0.25, 0.3) is 0 Å². The predicted octanol–water partition coefficient (Wildman–Crippen LogP) is 8.63. The highest BCUT2D eigenvalue weighted by molar-refractivity contribution is 5.70. The Morgan fingerprint density at radius 1 is 0.604 bits per heavy atom. The van der Waals surface area contributed by atoms with Gasteiger partial charge in [0, 0.05) is 19.3 Å². The fourth-order valence-electron chi connectivity index (χ4n) is 5.77. The van der Waals surface area contributed by atoms with Gasteiger partial charge in [0.1, 0.15) is 12.6 Å². The van der Waals surface area contributed by atoms with E-state index in [-0.39, 0.29) is 42.7 Å². The molecule has 0 aliphatic carbocycles. The number of hydrogen-bond donors (Lipinski definition) is 0. The third-order valence-electron chi connectivity index (χ3n) is 8.90. The summed E-state index contributed by atoms with van der Waals surface area (Å²) in [5.41, 5.74) is 0. The third kappa shape index (κ3) is 30.2. The molecule has 0 rings (SSSR count). The lowest BCUT2D eigenvalue weighted by atomic mass is 10.1. The number of hydrogen-bond acceptors (Lipinski definition) is 7. The van der Waals surface area contributed by atoms with E-state index < -0.39 is 18.1 Å². The molecule has 0 aromatic rings. The van der Waals surface area contributed by atoms with E-state index in [0.29, 0.717) is 12.8 Å². The van der Waals surface area contributed by atoms with E-state index in [1.54, 1.807) is 21.1 Å². The number of likely N-dealkylation sites (N-methyl/N-ethyl adjacent to an activating group) is 1. The smallest absolute Gasteiger partial charge is 0.306 e. The van der Waals surface area contributed by atoms with Gasteiger partial charge in [0.2, 0.25) is 0 Å². The van der Waals surface area contributed by atoms with E-state index >= 15 is 0 Å². The lowest BCUT2D eigenvalue weighted by molar-refractivity contribution is -0.889. The molecule has 0 aliphatic heterocycles. The maximum absolute atomic E-state index is 12.6. The van der Waals surface area contributed by atoms with Crippen LogP contribution in [0.15, 0.2) is 12.2 Å². The van der Waals surface area contributed by atoms with Crippen molar-refractivity contribution in [3.63, 3.8) is 0 Å². The van der Waals surface area contributed by atoms with Crippen molar-refractivity contribution in [2.75, 3.05) is 41.0 Å². The van der Waals surface area contributed by atoms with E-state index in [4.69, 9.17) is 14.2 Å². The molecule has 0 heterocycles. The molecule has 0 spiro atoms. The second-order valence-electron chi connectivity index (χ2n) is 14.5. The van der Waals surface area contributed by atoms with Gasteiger partial charge in [-0.1, -0.05) is 129 Å². The maximum atomic E-state index is 12.6. The molecule has 0 aliphatic rings. The molecule has 48 heavy (non-hydrogen) atoms. The standard InChI is InChI=1S/C40H75NO7/c1-6-8-10-12-14-16-17-18-19-20-21-23-24-26-28-30-38(42)47-35-36(34-46-33-32-37(40(44)45)41(3,4)5)48-39(43)31-29-27-25-22-15-13-11-9-7-2/h16-17,36-37H,6-15,18-35H2,1-5H3/b17-16+. The lowest BCUT2D eigenvalue weighted by Crippen LogP contribution is -2.55. The number of carboxylic acids is 1. The van der Waals surface area contributed by atoms with Gasteiger partial charge >= 0.3 is 11.9 Å². The average molecular weight is 682 g/mol. The Bertz CT molecular complexity index is 808. The number of aliphatic carboxylic acids is 1. The molecule has 0 saturated carbocycles. The largest absolute Gasteiger partial charge is 0.544 e.